The van der Waals surface area contributed by atoms with Crippen molar-refractivity contribution in [2.75, 3.05) is 6.54 Å². The highest BCUT2D eigenvalue weighted by molar-refractivity contribution is 5.75. The molecule has 3 heteroatoms. The Hall–Kier alpha value is -1.35. The van der Waals surface area contributed by atoms with Gasteiger partial charge in [0.1, 0.15) is 0 Å². The maximum Gasteiger partial charge on any atom is 0.220 e. The number of hydrogen-bond acceptors (Lipinski definition) is 2. The summed E-state index contributed by atoms with van der Waals surface area (Å²) >= 11 is 0. The van der Waals surface area contributed by atoms with Crippen LogP contribution in [0, 0.1) is 0 Å². The molecule has 0 heterocycles. The van der Waals surface area contributed by atoms with Crippen LogP contribution in [0.3, 0.4) is 0 Å². The third kappa shape index (κ3) is 5.50. The molecule has 0 bridgehead atoms. The summed E-state index contributed by atoms with van der Waals surface area (Å²) in [7, 11) is 0. The van der Waals surface area contributed by atoms with Crippen molar-refractivity contribution in [2.24, 2.45) is 5.73 Å². The summed E-state index contributed by atoms with van der Waals surface area (Å²) in [6.07, 6.45) is 3.81. The standard InChI is InChI=1S/C14H22N2O/c1-2-3-5-10-14(17)16-11-13(15)12-8-6-4-7-9-12/h4,6-9,13H,2-3,5,10-11,15H2,1H3,(H,16,17). The average molecular weight is 234 g/mol. The van der Waals surface area contributed by atoms with Crippen molar-refractivity contribution < 1.29 is 4.79 Å². The van der Waals surface area contributed by atoms with E-state index in [0.29, 0.717) is 13.0 Å². The number of nitrogens with one attached hydrogen (secondary N) is 1. The maximum atomic E-state index is 11.5. The first-order valence-corrected chi connectivity index (χ1v) is 6.31. The highest BCUT2D eigenvalue weighted by Gasteiger charge is 2.07. The minimum Gasteiger partial charge on any atom is -0.354 e. The van der Waals surface area contributed by atoms with E-state index in [4.69, 9.17) is 5.73 Å². The van der Waals surface area contributed by atoms with Gasteiger partial charge in [-0.2, -0.15) is 0 Å². The number of rotatable bonds is 7. The predicted molar refractivity (Wildman–Crippen MR) is 70.5 cm³/mol. The fraction of sp³-hybridized carbons (Fsp3) is 0.500. The molecule has 0 aliphatic rings. The highest BCUT2D eigenvalue weighted by Crippen LogP contribution is 2.08. The molecule has 0 fully saturated rings. The molecule has 1 aromatic carbocycles. The van der Waals surface area contributed by atoms with Gasteiger partial charge in [0, 0.05) is 19.0 Å². The number of amides is 1. The zero-order valence-corrected chi connectivity index (χ0v) is 10.5. The van der Waals surface area contributed by atoms with Gasteiger partial charge < -0.3 is 11.1 Å². The molecular formula is C14H22N2O. The molecule has 0 saturated heterocycles. The van der Waals surface area contributed by atoms with Gasteiger partial charge in [-0.15, -0.1) is 0 Å². The van der Waals surface area contributed by atoms with Gasteiger partial charge in [0.05, 0.1) is 0 Å². The molecule has 94 valence electrons. The maximum absolute atomic E-state index is 11.5. The van der Waals surface area contributed by atoms with Gasteiger partial charge in [0.15, 0.2) is 0 Å². The fourth-order valence-electron chi connectivity index (χ4n) is 1.67. The van der Waals surface area contributed by atoms with Crippen LogP contribution in [0.1, 0.15) is 44.2 Å². The van der Waals surface area contributed by atoms with Crippen molar-refractivity contribution in [2.45, 2.75) is 38.6 Å². The van der Waals surface area contributed by atoms with Gasteiger partial charge in [0.25, 0.3) is 0 Å². The van der Waals surface area contributed by atoms with Crippen molar-refractivity contribution in [3.05, 3.63) is 35.9 Å². The minimum atomic E-state index is -0.119. The zero-order valence-electron chi connectivity index (χ0n) is 10.5. The van der Waals surface area contributed by atoms with Crippen LogP contribution in [0.5, 0.6) is 0 Å². The summed E-state index contributed by atoms with van der Waals surface area (Å²) < 4.78 is 0. The molecule has 1 atom stereocenters. The molecule has 0 aliphatic carbocycles. The van der Waals surface area contributed by atoms with E-state index in [1.807, 2.05) is 30.3 Å². The average Bonchev–Trinajstić information content (AvgIpc) is 2.37. The van der Waals surface area contributed by atoms with Gasteiger partial charge in [-0.3, -0.25) is 4.79 Å². The lowest BCUT2D eigenvalue weighted by atomic mass is 10.1. The van der Waals surface area contributed by atoms with Gasteiger partial charge in [0.2, 0.25) is 5.91 Å². The van der Waals surface area contributed by atoms with Gasteiger partial charge in [-0.25, -0.2) is 0 Å². The minimum absolute atomic E-state index is 0.102. The second-order valence-electron chi connectivity index (χ2n) is 4.28. The number of carbonyl (C=O) groups is 1. The molecule has 3 N–H and O–H groups in total. The van der Waals surface area contributed by atoms with Gasteiger partial charge >= 0.3 is 0 Å². The smallest absolute Gasteiger partial charge is 0.220 e. The third-order valence-corrected chi connectivity index (χ3v) is 2.75. The Bertz CT molecular complexity index is 324. The van der Waals surface area contributed by atoms with Crippen LogP contribution in [-0.4, -0.2) is 12.5 Å². The Kier molecular flexibility index (Phi) is 6.33. The van der Waals surface area contributed by atoms with Crippen molar-refractivity contribution in [3.63, 3.8) is 0 Å². The molecule has 0 saturated carbocycles. The Labute approximate surface area is 103 Å². The van der Waals surface area contributed by atoms with E-state index in [9.17, 15) is 4.79 Å². The highest BCUT2D eigenvalue weighted by atomic mass is 16.1. The van der Waals surface area contributed by atoms with Crippen LogP contribution in [0.2, 0.25) is 0 Å². The van der Waals surface area contributed by atoms with Crippen LogP contribution in [0.15, 0.2) is 30.3 Å². The molecule has 0 radical (unpaired) electrons. The Morgan fingerprint density at radius 3 is 2.65 bits per heavy atom. The molecular weight excluding hydrogens is 212 g/mol. The first-order chi connectivity index (χ1) is 8.24. The molecule has 1 rings (SSSR count). The van der Waals surface area contributed by atoms with E-state index >= 15 is 0 Å². The lowest BCUT2D eigenvalue weighted by Crippen LogP contribution is -2.31. The SMILES string of the molecule is CCCCCC(=O)NCC(N)c1ccccc1. The topological polar surface area (TPSA) is 55.1 Å². The molecule has 0 aliphatic heterocycles. The van der Waals surface area contributed by atoms with Crippen molar-refractivity contribution in [1.29, 1.82) is 0 Å². The monoisotopic (exact) mass is 234 g/mol. The van der Waals surface area contributed by atoms with E-state index in [-0.39, 0.29) is 11.9 Å². The summed E-state index contributed by atoms with van der Waals surface area (Å²) in [5.74, 6) is 0.102. The second-order valence-corrected chi connectivity index (χ2v) is 4.28. The van der Waals surface area contributed by atoms with Crippen LogP contribution < -0.4 is 11.1 Å². The summed E-state index contributed by atoms with van der Waals surface area (Å²) in [4.78, 5) is 11.5. The quantitative estimate of drug-likeness (QED) is 0.712. The van der Waals surface area contributed by atoms with Crippen molar-refractivity contribution in [3.8, 4) is 0 Å². The lowest BCUT2D eigenvalue weighted by Gasteiger charge is -2.13. The molecule has 1 amide bonds. The van der Waals surface area contributed by atoms with Crippen LogP contribution in [0.4, 0.5) is 0 Å². The largest absolute Gasteiger partial charge is 0.354 e. The Balaban J connectivity index is 2.24. The van der Waals surface area contributed by atoms with Crippen LogP contribution >= 0.6 is 0 Å². The number of benzene rings is 1. The lowest BCUT2D eigenvalue weighted by molar-refractivity contribution is -0.121. The van der Waals surface area contributed by atoms with Gasteiger partial charge in [-0.05, 0) is 12.0 Å². The fourth-order valence-corrected chi connectivity index (χ4v) is 1.67. The zero-order chi connectivity index (χ0) is 12.5. The molecule has 17 heavy (non-hydrogen) atoms. The molecule has 1 unspecified atom stereocenters. The first-order valence-electron chi connectivity index (χ1n) is 6.31. The molecule has 0 spiro atoms. The predicted octanol–water partition coefficient (Wildman–Crippen LogP) is 2.38. The van der Waals surface area contributed by atoms with Crippen molar-refractivity contribution >= 4 is 5.91 Å². The summed E-state index contributed by atoms with van der Waals surface area (Å²) in [5, 5.41) is 2.88. The number of hydrogen-bond donors (Lipinski definition) is 2. The summed E-state index contributed by atoms with van der Waals surface area (Å²) in [6, 6.07) is 9.71. The number of carbonyl (C=O) groups excluding carboxylic acids is 1. The van der Waals surface area contributed by atoms with E-state index in [1.165, 1.54) is 0 Å². The number of unbranched alkanes of at least 4 members (excludes halogenated alkanes) is 2. The first kappa shape index (κ1) is 13.7. The van der Waals surface area contributed by atoms with E-state index in [1.54, 1.807) is 0 Å². The molecule has 3 nitrogen and oxygen atoms in total. The van der Waals surface area contributed by atoms with E-state index in [0.717, 1.165) is 24.8 Å². The second kappa shape index (κ2) is 7.85. The number of nitrogens with two attached hydrogens (primary N) is 1. The van der Waals surface area contributed by atoms with E-state index in [2.05, 4.69) is 12.2 Å². The van der Waals surface area contributed by atoms with Gasteiger partial charge in [-0.1, -0.05) is 50.1 Å². The van der Waals surface area contributed by atoms with Crippen molar-refractivity contribution in [1.82, 2.24) is 5.32 Å². The molecule has 0 aromatic heterocycles. The third-order valence-electron chi connectivity index (χ3n) is 2.75. The summed E-state index contributed by atoms with van der Waals surface area (Å²) in [5.41, 5.74) is 7.04. The van der Waals surface area contributed by atoms with E-state index < -0.39 is 0 Å². The molecule has 1 aromatic rings. The van der Waals surface area contributed by atoms with Crippen LogP contribution in [-0.2, 0) is 4.79 Å². The normalized spacial score (nSPS) is 12.1. The summed E-state index contributed by atoms with van der Waals surface area (Å²) in [6.45, 7) is 2.64. The Morgan fingerprint density at radius 1 is 1.29 bits per heavy atom. The Morgan fingerprint density at radius 2 is 2.00 bits per heavy atom. The van der Waals surface area contributed by atoms with Crippen LogP contribution in [0.25, 0.3) is 0 Å².